The quantitative estimate of drug-likeness (QED) is 0.478. The van der Waals surface area contributed by atoms with Gasteiger partial charge in [-0.2, -0.15) is 0 Å². The molecule has 2 aromatic carbocycles. The predicted molar refractivity (Wildman–Crippen MR) is 108 cm³/mol. The van der Waals surface area contributed by atoms with Gasteiger partial charge in [-0.05, 0) is 74.5 Å². The molecule has 4 rings (SSSR count). The summed E-state index contributed by atoms with van der Waals surface area (Å²) in [6, 6.07) is 12.9. The van der Waals surface area contributed by atoms with Crippen LogP contribution >= 0.6 is 11.3 Å². The van der Waals surface area contributed by atoms with E-state index in [-0.39, 0.29) is 0 Å². The molecule has 0 amide bonds. The lowest BCUT2D eigenvalue weighted by atomic mass is 9.99. The fraction of sp³-hybridized carbons (Fsp3) is 0.286. The molecule has 3 N–H and O–H groups in total. The first kappa shape index (κ1) is 16.3. The van der Waals surface area contributed by atoms with Gasteiger partial charge in [0, 0.05) is 10.9 Å². The molecule has 0 spiro atoms. The maximum Gasteiger partial charge on any atom is 0.141 e. The third-order valence-electron chi connectivity index (χ3n) is 4.73. The Morgan fingerprint density at radius 3 is 2.76 bits per heavy atom. The number of rotatable bonds is 5. The van der Waals surface area contributed by atoms with Gasteiger partial charge in [-0.25, -0.2) is 4.98 Å². The number of fused-ring (bicyclic) bond motifs is 2. The standard InChI is InChI=1S/C21H23N3S/c1-13-11-14(2)19-15(7-5-6-10-22)20(23-17(19)12-13)21-24-16-8-3-4-9-18(16)25-21/h3-4,8-9,11-12,23H,5-7,10,22H2,1-2H3. The van der Waals surface area contributed by atoms with Crippen LogP contribution in [-0.2, 0) is 6.42 Å². The van der Waals surface area contributed by atoms with Crippen molar-refractivity contribution in [1.29, 1.82) is 0 Å². The van der Waals surface area contributed by atoms with Gasteiger partial charge in [-0.15, -0.1) is 11.3 Å². The van der Waals surface area contributed by atoms with Gasteiger partial charge in [0.15, 0.2) is 0 Å². The molecule has 128 valence electrons. The minimum absolute atomic E-state index is 0.747. The largest absolute Gasteiger partial charge is 0.352 e. The molecular weight excluding hydrogens is 326 g/mol. The number of hydrogen-bond donors (Lipinski definition) is 2. The van der Waals surface area contributed by atoms with Gasteiger partial charge in [-0.3, -0.25) is 0 Å². The summed E-state index contributed by atoms with van der Waals surface area (Å²) in [4.78, 5) is 8.55. The van der Waals surface area contributed by atoms with Gasteiger partial charge in [0.05, 0.1) is 15.9 Å². The van der Waals surface area contributed by atoms with Crippen LogP contribution in [0.2, 0.25) is 0 Å². The lowest BCUT2D eigenvalue weighted by molar-refractivity contribution is 0.748. The average Bonchev–Trinajstić information content (AvgIpc) is 3.16. The van der Waals surface area contributed by atoms with E-state index in [0.717, 1.165) is 36.3 Å². The third kappa shape index (κ3) is 2.96. The molecule has 2 heterocycles. The zero-order valence-electron chi connectivity index (χ0n) is 14.7. The number of nitrogens with one attached hydrogen (secondary N) is 1. The lowest BCUT2D eigenvalue weighted by Gasteiger charge is -2.05. The molecule has 0 aliphatic rings. The van der Waals surface area contributed by atoms with E-state index in [1.54, 1.807) is 11.3 Å². The average molecular weight is 350 g/mol. The van der Waals surface area contributed by atoms with Crippen LogP contribution in [-0.4, -0.2) is 16.5 Å². The number of thiazole rings is 1. The highest BCUT2D eigenvalue weighted by molar-refractivity contribution is 7.21. The summed E-state index contributed by atoms with van der Waals surface area (Å²) < 4.78 is 1.23. The van der Waals surface area contributed by atoms with E-state index >= 15 is 0 Å². The van der Waals surface area contributed by atoms with E-state index in [4.69, 9.17) is 10.7 Å². The molecule has 0 saturated carbocycles. The Morgan fingerprint density at radius 2 is 1.96 bits per heavy atom. The summed E-state index contributed by atoms with van der Waals surface area (Å²) in [7, 11) is 0. The molecule has 25 heavy (non-hydrogen) atoms. The summed E-state index contributed by atoms with van der Waals surface area (Å²) in [6.07, 6.45) is 3.19. The van der Waals surface area contributed by atoms with Gasteiger partial charge in [-0.1, -0.05) is 18.2 Å². The number of aryl methyl sites for hydroxylation is 3. The van der Waals surface area contributed by atoms with E-state index in [9.17, 15) is 0 Å². The number of hydrogen-bond acceptors (Lipinski definition) is 3. The van der Waals surface area contributed by atoms with Crippen LogP contribution in [0.4, 0.5) is 0 Å². The second kappa shape index (κ2) is 6.62. The summed E-state index contributed by atoms with van der Waals surface area (Å²) >= 11 is 1.76. The zero-order valence-corrected chi connectivity index (χ0v) is 15.5. The van der Waals surface area contributed by atoms with Crippen molar-refractivity contribution in [3.63, 3.8) is 0 Å². The number of unbranched alkanes of at least 4 members (excludes halogenated alkanes) is 1. The Kier molecular flexibility index (Phi) is 4.32. The summed E-state index contributed by atoms with van der Waals surface area (Å²) in [5.74, 6) is 0. The van der Waals surface area contributed by atoms with Crippen molar-refractivity contribution >= 4 is 32.5 Å². The van der Waals surface area contributed by atoms with Crippen molar-refractivity contribution in [2.45, 2.75) is 33.1 Å². The highest BCUT2D eigenvalue weighted by Gasteiger charge is 2.18. The van der Waals surface area contributed by atoms with Crippen molar-refractivity contribution < 1.29 is 0 Å². The number of benzene rings is 2. The summed E-state index contributed by atoms with van der Waals surface area (Å²) in [5, 5.41) is 2.44. The Morgan fingerprint density at radius 1 is 1.12 bits per heavy atom. The first-order valence-electron chi connectivity index (χ1n) is 8.85. The van der Waals surface area contributed by atoms with E-state index in [1.165, 1.54) is 38.0 Å². The Bertz CT molecular complexity index is 1010. The van der Waals surface area contributed by atoms with E-state index in [0.29, 0.717) is 0 Å². The second-order valence-electron chi connectivity index (χ2n) is 6.72. The highest BCUT2D eigenvalue weighted by atomic mass is 32.1. The number of aromatic amines is 1. The maximum absolute atomic E-state index is 5.71. The molecular formula is C21H23N3S. The monoisotopic (exact) mass is 349 g/mol. The van der Waals surface area contributed by atoms with Crippen LogP contribution in [0.15, 0.2) is 36.4 Å². The van der Waals surface area contributed by atoms with Gasteiger partial charge < -0.3 is 10.7 Å². The Balaban J connectivity index is 1.91. The molecule has 4 aromatic rings. The van der Waals surface area contributed by atoms with E-state index < -0.39 is 0 Å². The normalized spacial score (nSPS) is 11.6. The van der Waals surface area contributed by atoms with Crippen molar-refractivity contribution in [1.82, 2.24) is 9.97 Å². The molecule has 3 nitrogen and oxygen atoms in total. The van der Waals surface area contributed by atoms with Crippen LogP contribution < -0.4 is 5.73 Å². The molecule has 0 aliphatic carbocycles. The minimum atomic E-state index is 0.747. The van der Waals surface area contributed by atoms with Gasteiger partial charge in [0.2, 0.25) is 0 Å². The van der Waals surface area contributed by atoms with Gasteiger partial charge in [0.1, 0.15) is 5.01 Å². The summed E-state index contributed by atoms with van der Waals surface area (Å²) in [5.41, 5.74) is 13.2. The van der Waals surface area contributed by atoms with Crippen LogP contribution in [0.25, 0.3) is 31.8 Å². The van der Waals surface area contributed by atoms with Crippen molar-refractivity contribution in [2.24, 2.45) is 5.73 Å². The fourth-order valence-electron chi connectivity index (χ4n) is 3.66. The molecule has 0 bridgehead atoms. The Labute approximate surface area is 151 Å². The second-order valence-corrected chi connectivity index (χ2v) is 7.75. The predicted octanol–water partition coefficient (Wildman–Crippen LogP) is 5.34. The number of nitrogens with zero attached hydrogens (tertiary/aromatic N) is 1. The Hall–Kier alpha value is -2.17. The van der Waals surface area contributed by atoms with Crippen molar-refractivity contribution in [3.05, 3.63) is 53.1 Å². The fourth-order valence-corrected chi connectivity index (χ4v) is 4.65. The molecule has 2 aromatic heterocycles. The first-order chi connectivity index (χ1) is 12.2. The first-order valence-corrected chi connectivity index (χ1v) is 9.67. The van der Waals surface area contributed by atoms with Crippen molar-refractivity contribution in [3.8, 4) is 10.7 Å². The molecule has 0 aliphatic heterocycles. The zero-order chi connectivity index (χ0) is 17.4. The van der Waals surface area contributed by atoms with Crippen molar-refractivity contribution in [2.75, 3.05) is 6.54 Å². The smallest absolute Gasteiger partial charge is 0.141 e. The van der Waals surface area contributed by atoms with Crippen LogP contribution in [0, 0.1) is 13.8 Å². The molecule has 0 unspecified atom stereocenters. The van der Waals surface area contributed by atoms with Crippen LogP contribution in [0.5, 0.6) is 0 Å². The van der Waals surface area contributed by atoms with Gasteiger partial charge in [0.25, 0.3) is 0 Å². The molecule has 0 saturated heterocycles. The number of H-pyrrole nitrogens is 1. The number of nitrogens with two attached hydrogens (primary N) is 1. The highest BCUT2D eigenvalue weighted by Crippen LogP contribution is 2.37. The SMILES string of the molecule is Cc1cc(C)c2c(CCCCN)c(-c3nc4ccccc4s3)[nH]c2c1. The van der Waals surface area contributed by atoms with Crippen LogP contribution in [0.1, 0.15) is 29.5 Å². The molecule has 4 heteroatoms. The number of aromatic nitrogens is 2. The maximum atomic E-state index is 5.71. The van der Waals surface area contributed by atoms with Crippen LogP contribution in [0.3, 0.4) is 0 Å². The van der Waals surface area contributed by atoms with Gasteiger partial charge >= 0.3 is 0 Å². The van der Waals surface area contributed by atoms with E-state index in [2.05, 4.69) is 49.2 Å². The molecule has 0 radical (unpaired) electrons. The lowest BCUT2D eigenvalue weighted by Crippen LogP contribution is -1.99. The molecule has 0 fully saturated rings. The number of para-hydroxylation sites is 1. The third-order valence-corrected chi connectivity index (χ3v) is 5.79. The topological polar surface area (TPSA) is 54.7 Å². The minimum Gasteiger partial charge on any atom is -0.352 e. The summed E-state index contributed by atoms with van der Waals surface area (Å²) in [6.45, 7) is 5.10. The molecule has 0 atom stereocenters. The van der Waals surface area contributed by atoms with E-state index in [1.807, 2.05) is 6.07 Å².